The second kappa shape index (κ2) is 7.48. The number of carbonyl (C=O) groups is 1. The highest BCUT2D eigenvalue weighted by Gasteiger charge is 2.24. The van der Waals surface area contributed by atoms with Gasteiger partial charge in [-0.1, -0.05) is 57.5 Å². The van der Waals surface area contributed by atoms with E-state index in [1.807, 2.05) is 61.0 Å². The van der Waals surface area contributed by atoms with E-state index in [0.29, 0.717) is 5.75 Å². The second-order valence-corrected chi connectivity index (χ2v) is 8.86. The number of para-hydroxylation sites is 2. The van der Waals surface area contributed by atoms with Crippen molar-refractivity contribution in [2.45, 2.75) is 40.5 Å². The number of hydrogen-bond acceptors (Lipinski definition) is 4. The number of esters is 1. The van der Waals surface area contributed by atoms with Gasteiger partial charge in [-0.2, -0.15) is 0 Å². The molecule has 0 saturated heterocycles. The smallest absolute Gasteiger partial charge is 0.313 e. The lowest BCUT2D eigenvalue weighted by atomic mass is 10.2. The van der Waals surface area contributed by atoms with E-state index in [1.165, 1.54) is 5.56 Å². The molecule has 162 valence electrons. The van der Waals surface area contributed by atoms with Gasteiger partial charge in [-0.3, -0.25) is 13.8 Å². The van der Waals surface area contributed by atoms with Crippen molar-refractivity contribution in [3.05, 3.63) is 66.1 Å². The van der Waals surface area contributed by atoms with Crippen molar-refractivity contribution >= 4 is 33.7 Å². The number of imidazole rings is 1. The number of rotatable bonds is 4. The maximum atomic E-state index is 12.6. The number of nitrogens with zero attached hydrogens (tertiary/aromatic N) is 4. The lowest BCUT2D eigenvalue weighted by molar-refractivity contribution is -0.137. The molecule has 0 aliphatic rings. The van der Waals surface area contributed by atoms with E-state index in [4.69, 9.17) is 14.7 Å². The molecule has 0 aliphatic heterocycles. The summed E-state index contributed by atoms with van der Waals surface area (Å²) in [4.78, 5) is 22.6. The van der Waals surface area contributed by atoms with Crippen molar-refractivity contribution < 1.29 is 9.53 Å². The molecule has 3 aromatic heterocycles. The van der Waals surface area contributed by atoms with Gasteiger partial charge in [0.25, 0.3) is 0 Å². The summed E-state index contributed by atoms with van der Waals surface area (Å²) in [6.45, 7) is 9.97. The highest BCUT2D eigenvalue weighted by Crippen LogP contribution is 2.36. The molecule has 3 heterocycles. The topological polar surface area (TPSA) is 61.4 Å². The Hall–Kier alpha value is -3.67. The van der Waals surface area contributed by atoms with Crippen LogP contribution in [0, 0.1) is 12.8 Å². The summed E-state index contributed by atoms with van der Waals surface area (Å²) in [6, 6.07) is 16.2. The van der Waals surface area contributed by atoms with E-state index in [2.05, 4.69) is 37.3 Å². The van der Waals surface area contributed by atoms with Gasteiger partial charge in [0.15, 0.2) is 17.0 Å². The Morgan fingerprint density at radius 3 is 2.34 bits per heavy atom. The van der Waals surface area contributed by atoms with Crippen molar-refractivity contribution in [1.29, 1.82) is 0 Å². The minimum absolute atomic E-state index is 0.169. The first kappa shape index (κ1) is 20.2. The monoisotopic (exact) mass is 426 g/mol. The molecule has 0 unspecified atom stereocenters. The number of carbonyl (C=O) groups excluding carboxylic acids is 1. The third kappa shape index (κ3) is 3.14. The SMILES string of the molecule is Cc1ccc(-n2cc(OC(=O)C(C)C)c3c2nc(C(C)C)n2c4ccccc4nc32)cc1. The molecule has 5 rings (SSSR count). The molecule has 0 amide bonds. The maximum absolute atomic E-state index is 12.6. The molecule has 0 N–H and O–H groups in total. The molecule has 0 aliphatic carbocycles. The molecule has 2 aromatic carbocycles. The van der Waals surface area contributed by atoms with Crippen LogP contribution in [0.5, 0.6) is 5.75 Å². The Morgan fingerprint density at radius 1 is 0.938 bits per heavy atom. The van der Waals surface area contributed by atoms with Crippen LogP contribution < -0.4 is 4.74 Å². The maximum Gasteiger partial charge on any atom is 0.313 e. The van der Waals surface area contributed by atoms with Gasteiger partial charge in [0.1, 0.15) is 11.2 Å². The summed E-state index contributed by atoms with van der Waals surface area (Å²) in [6.07, 6.45) is 1.85. The van der Waals surface area contributed by atoms with Crippen LogP contribution in [-0.4, -0.2) is 24.9 Å². The Morgan fingerprint density at radius 2 is 1.66 bits per heavy atom. The Bertz CT molecular complexity index is 1470. The standard InChI is InChI=1S/C26H26N4O2/c1-15(2)23-28-24-22(25-27-19-8-6-7-9-20(19)30(23)25)21(32-26(31)16(3)4)14-29(24)18-12-10-17(5)11-13-18/h6-16H,1-5H3. The number of aryl methyl sites for hydroxylation is 1. The van der Waals surface area contributed by atoms with Crippen LogP contribution in [0.15, 0.2) is 54.7 Å². The van der Waals surface area contributed by atoms with Gasteiger partial charge in [-0.05, 0) is 31.2 Å². The van der Waals surface area contributed by atoms with Gasteiger partial charge in [0.05, 0.1) is 23.1 Å². The quantitative estimate of drug-likeness (QED) is 0.340. The molecule has 5 aromatic rings. The fraction of sp³-hybridized carbons (Fsp3) is 0.269. The Kier molecular flexibility index (Phi) is 4.73. The molecule has 6 nitrogen and oxygen atoms in total. The van der Waals surface area contributed by atoms with Gasteiger partial charge in [0, 0.05) is 11.6 Å². The number of benzene rings is 2. The lowest BCUT2D eigenvalue weighted by Gasteiger charge is -2.12. The van der Waals surface area contributed by atoms with E-state index in [9.17, 15) is 4.79 Å². The third-order valence-electron chi connectivity index (χ3n) is 5.69. The fourth-order valence-electron chi connectivity index (χ4n) is 3.97. The third-order valence-corrected chi connectivity index (χ3v) is 5.69. The molecule has 32 heavy (non-hydrogen) atoms. The number of ether oxygens (including phenoxy) is 1. The van der Waals surface area contributed by atoms with Gasteiger partial charge in [-0.25, -0.2) is 9.97 Å². The van der Waals surface area contributed by atoms with Crippen molar-refractivity contribution in [3.63, 3.8) is 0 Å². The molecule has 0 saturated carbocycles. The molecule has 6 heteroatoms. The minimum Gasteiger partial charge on any atom is -0.424 e. The minimum atomic E-state index is -0.282. The van der Waals surface area contributed by atoms with Crippen LogP contribution in [-0.2, 0) is 4.79 Å². The van der Waals surface area contributed by atoms with Crippen LogP contribution in [0.1, 0.15) is 45.0 Å². The molecule has 0 bridgehead atoms. The first-order valence-electron chi connectivity index (χ1n) is 11.0. The zero-order valence-electron chi connectivity index (χ0n) is 19.0. The van der Waals surface area contributed by atoms with E-state index in [-0.39, 0.29) is 17.8 Å². The number of aromatic nitrogens is 4. The largest absolute Gasteiger partial charge is 0.424 e. The molecule has 0 radical (unpaired) electrons. The predicted molar refractivity (Wildman–Crippen MR) is 127 cm³/mol. The molecule has 0 atom stereocenters. The van der Waals surface area contributed by atoms with Crippen LogP contribution in [0.4, 0.5) is 0 Å². The molecular weight excluding hydrogens is 400 g/mol. The summed E-state index contributed by atoms with van der Waals surface area (Å²) >= 11 is 0. The number of hydrogen-bond donors (Lipinski definition) is 0. The number of fused-ring (bicyclic) bond motifs is 5. The van der Waals surface area contributed by atoms with E-state index in [1.54, 1.807) is 0 Å². The van der Waals surface area contributed by atoms with Gasteiger partial charge in [-0.15, -0.1) is 0 Å². The van der Waals surface area contributed by atoms with E-state index in [0.717, 1.165) is 39.2 Å². The second-order valence-electron chi connectivity index (χ2n) is 8.86. The van der Waals surface area contributed by atoms with Gasteiger partial charge < -0.3 is 4.74 Å². The van der Waals surface area contributed by atoms with Crippen LogP contribution in [0.3, 0.4) is 0 Å². The molecule has 0 spiro atoms. The average molecular weight is 427 g/mol. The predicted octanol–water partition coefficient (Wildman–Crippen LogP) is 5.82. The first-order chi connectivity index (χ1) is 15.3. The highest BCUT2D eigenvalue weighted by molar-refractivity contribution is 6.01. The molecule has 0 fully saturated rings. The summed E-state index contributed by atoms with van der Waals surface area (Å²) in [5.74, 6) is 1.03. The van der Waals surface area contributed by atoms with Crippen LogP contribution in [0.2, 0.25) is 0 Å². The van der Waals surface area contributed by atoms with E-state index < -0.39 is 0 Å². The van der Waals surface area contributed by atoms with Crippen molar-refractivity contribution in [2.24, 2.45) is 5.92 Å². The fourth-order valence-corrected chi connectivity index (χ4v) is 3.97. The first-order valence-corrected chi connectivity index (χ1v) is 11.0. The average Bonchev–Trinajstić information content (AvgIpc) is 3.32. The highest BCUT2D eigenvalue weighted by atomic mass is 16.5. The normalized spacial score (nSPS) is 12.0. The Balaban J connectivity index is 1.92. The Labute approximate surface area is 186 Å². The zero-order chi connectivity index (χ0) is 22.6. The van der Waals surface area contributed by atoms with Crippen LogP contribution >= 0.6 is 0 Å². The molecular formula is C26H26N4O2. The van der Waals surface area contributed by atoms with Gasteiger partial charge >= 0.3 is 5.97 Å². The zero-order valence-corrected chi connectivity index (χ0v) is 19.0. The summed E-state index contributed by atoms with van der Waals surface area (Å²) in [7, 11) is 0. The van der Waals surface area contributed by atoms with Crippen molar-refractivity contribution in [1.82, 2.24) is 18.9 Å². The van der Waals surface area contributed by atoms with Crippen LogP contribution in [0.25, 0.3) is 33.4 Å². The summed E-state index contributed by atoms with van der Waals surface area (Å²) in [5, 5.41) is 0.736. The summed E-state index contributed by atoms with van der Waals surface area (Å²) in [5.41, 5.74) is 5.48. The van der Waals surface area contributed by atoms with Gasteiger partial charge in [0.2, 0.25) is 0 Å². The summed E-state index contributed by atoms with van der Waals surface area (Å²) < 4.78 is 9.95. The van der Waals surface area contributed by atoms with Crippen molar-refractivity contribution in [3.8, 4) is 11.4 Å². The van der Waals surface area contributed by atoms with Crippen molar-refractivity contribution in [2.75, 3.05) is 0 Å². The van der Waals surface area contributed by atoms with E-state index >= 15 is 0 Å². The lowest BCUT2D eigenvalue weighted by Crippen LogP contribution is -2.14.